The van der Waals surface area contributed by atoms with Crippen molar-refractivity contribution in [3.8, 4) is 5.75 Å². The summed E-state index contributed by atoms with van der Waals surface area (Å²) in [5.41, 5.74) is 2.77. The summed E-state index contributed by atoms with van der Waals surface area (Å²) in [7, 11) is 0. The lowest BCUT2D eigenvalue weighted by molar-refractivity contribution is 0.164. The SMILES string of the molecule is CC.Cc1ccc2c(c1)OC1CCCCC21. The third-order valence-electron chi connectivity index (χ3n) is 3.55. The molecule has 0 aromatic heterocycles. The van der Waals surface area contributed by atoms with Gasteiger partial charge in [0.15, 0.2) is 0 Å². The molecule has 1 aliphatic carbocycles. The van der Waals surface area contributed by atoms with Crippen LogP contribution in [0.4, 0.5) is 0 Å². The minimum absolute atomic E-state index is 0.487. The van der Waals surface area contributed by atoms with Crippen LogP contribution in [0, 0.1) is 6.92 Å². The van der Waals surface area contributed by atoms with Gasteiger partial charge < -0.3 is 4.74 Å². The number of benzene rings is 1. The highest BCUT2D eigenvalue weighted by atomic mass is 16.5. The summed E-state index contributed by atoms with van der Waals surface area (Å²) < 4.78 is 5.99. The van der Waals surface area contributed by atoms with Crippen molar-refractivity contribution in [1.82, 2.24) is 0 Å². The van der Waals surface area contributed by atoms with Crippen molar-refractivity contribution in [3.05, 3.63) is 29.3 Å². The molecule has 3 rings (SSSR count). The van der Waals surface area contributed by atoms with E-state index >= 15 is 0 Å². The van der Waals surface area contributed by atoms with Gasteiger partial charge in [0.1, 0.15) is 11.9 Å². The molecule has 1 heteroatoms. The van der Waals surface area contributed by atoms with E-state index in [1.165, 1.54) is 36.8 Å². The second-order valence-corrected chi connectivity index (χ2v) is 4.59. The van der Waals surface area contributed by atoms with Crippen molar-refractivity contribution in [2.45, 2.75) is 58.5 Å². The van der Waals surface area contributed by atoms with E-state index in [0.29, 0.717) is 12.0 Å². The van der Waals surface area contributed by atoms with Gasteiger partial charge in [-0.1, -0.05) is 32.4 Å². The first-order chi connectivity index (χ1) is 7.84. The molecule has 0 amide bonds. The summed E-state index contributed by atoms with van der Waals surface area (Å²) in [6.07, 6.45) is 5.77. The van der Waals surface area contributed by atoms with Crippen LogP contribution in [-0.2, 0) is 0 Å². The first kappa shape index (κ1) is 11.5. The Labute approximate surface area is 98.8 Å². The molecule has 1 aromatic carbocycles. The first-order valence-corrected chi connectivity index (χ1v) is 6.62. The Hall–Kier alpha value is -0.980. The first-order valence-electron chi connectivity index (χ1n) is 6.62. The van der Waals surface area contributed by atoms with Crippen LogP contribution in [0.25, 0.3) is 0 Å². The normalized spacial score (nSPS) is 25.9. The molecule has 0 radical (unpaired) electrons. The highest BCUT2D eigenvalue weighted by Gasteiger charge is 2.35. The fourth-order valence-electron chi connectivity index (χ4n) is 2.81. The Morgan fingerprint density at radius 1 is 1.12 bits per heavy atom. The number of rotatable bonds is 0. The van der Waals surface area contributed by atoms with E-state index in [1.807, 2.05) is 13.8 Å². The molecule has 0 N–H and O–H groups in total. The zero-order valence-corrected chi connectivity index (χ0v) is 10.6. The van der Waals surface area contributed by atoms with Crippen molar-refractivity contribution in [3.63, 3.8) is 0 Å². The van der Waals surface area contributed by atoms with Gasteiger partial charge in [0.25, 0.3) is 0 Å². The fraction of sp³-hybridized carbons (Fsp3) is 0.600. The molecule has 1 saturated carbocycles. The highest BCUT2D eigenvalue weighted by molar-refractivity contribution is 5.43. The molecular weight excluding hydrogens is 196 g/mol. The van der Waals surface area contributed by atoms with Crippen LogP contribution in [0.3, 0.4) is 0 Å². The van der Waals surface area contributed by atoms with Gasteiger partial charge >= 0.3 is 0 Å². The van der Waals surface area contributed by atoms with Gasteiger partial charge in [-0.05, 0) is 37.8 Å². The average Bonchev–Trinajstić information content (AvgIpc) is 2.68. The molecule has 1 aromatic rings. The molecule has 16 heavy (non-hydrogen) atoms. The molecule has 1 aliphatic heterocycles. The quantitative estimate of drug-likeness (QED) is 0.625. The summed E-state index contributed by atoms with van der Waals surface area (Å²) >= 11 is 0. The zero-order valence-electron chi connectivity index (χ0n) is 10.6. The van der Waals surface area contributed by atoms with Gasteiger partial charge in [0.2, 0.25) is 0 Å². The summed E-state index contributed by atoms with van der Waals surface area (Å²) in [5.74, 6) is 1.85. The lowest BCUT2D eigenvalue weighted by Crippen LogP contribution is -2.22. The summed E-state index contributed by atoms with van der Waals surface area (Å²) in [5, 5.41) is 0. The maximum atomic E-state index is 5.99. The van der Waals surface area contributed by atoms with E-state index in [0.717, 1.165) is 5.75 Å². The van der Waals surface area contributed by atoms with Crippen molar-refractivity contribution in [2.75, 3.05) is 0 Å². The van der Waals surface area contributed by atoms with Crippen LogP contribution < -0.4 is 4.74 Å². The highest BCUT2D eigenvalue weighted by Crippen LogP contribution is 2.45. The monoisotopic (exact) mass is 218 g/mol. The van der Waals surface area contributed by atoms with Crippen molar-refractivity contribution in [1.29, 1.82) is 0 Å². The Balaban J connectivity index is 0.000000457. The number of hydrogen-bond donors (Lipinski definition) is 0. The Morgan fingerprint density at radius 2 is 1.88 bits per heavy atom. The van der Waals surface area contributed by atoms with Crippen LogP contribution in [-0.4, -0.2) is 6.10 Å². The standard InChI is InChI=1S/C13H16O.C2H6/c1-9-6-7-11-10-4-2-3-5-12(10)14-13(11)8-9;1-2/h6-8,10,12H,2-5H2,1H3;1-2H3. The van der Waals surface area contributed by atoms with Crippen LogP contribution in [0.2, 0.25) is 0 Å². The fourth-order valence-corrected chi connectivity index (χ4v) is 2.81. The average molecular weight is 218 g/mol. The van der Waals surface area contributed by atoms with E-state index < -0.39 is 0 Å². The number of aryl methyl sites for hydroxylation is 1. The van der Waals surface area contributed by atoms with Gasteiger partial charge in [0.05, 0.1) is 0 Å². The third-order valence-corrected chi connectivity index (χ3v) is 3.55. The van der Waals surface area contributed by atoms with Gasteiger partial charge in [-0.3, -0.25) is 0 Å². The van der Waals surface area contributed by atoms with Crippen molar-refractivity contribution < 1.29 is 4.74 Å². The molecule has 1 heterocycles. The van der Waals surface area contributed by atoms with Crippen LogP contribution in [0.1, 0.15) is 56.6 Å². The molecule has 0 spiro atoms. The molecule has 1 nitrogen and oxygen atoms in total. The van der Waals surface area contributed by atoms with E-state index in [-0.39, 0.29) is 0 Å². The third kappa shape index (κ3) is 1.95. The maximum absolute atomic E-state index is 5.99. The van der Waals surface area contributed by atoms with Crippen molar-refractivity contribution in [2.24, 2.45) is 0 Å². The van der Waals surface area contributed by atoms with Gasteiger partial charge in [-0.15, -0.1) is 0 Å². The molecule has 0 bridgehead atoms. The lowest BCUT2D eigenvalue weighted by Gasteiger charge is -2.23. The smallest absolute Gasteiger partial charge is 0.123 e. The van der Waals surface area contributed by atoms with Gasteiger partial charge in [-0.25, -0.2) is 0 Å². The van der Waals surface area contributed by atoms with Crippen LogP contribution >= 0.6 is 0 Å². The molecule has 1 fully saturated rings. The second-order valence-electron chi connectivity index (χ2n) is 4.59. The summed E-state index contributed by atoms with van der Waals surface area (Å²) in [4.78, 5) is 0. The predicted molar refractivity (Wildman–Crippen MR) is 68.2 cm³/mol. The predicted octanol–water partition coefficient (Wildman–Crippen LogP) is 4.44. The van der Waals surface area contributed by atoms with Gasteiger partial charge in [-0.2, -0.15) is 0 Å². The Kier molecular flexibility index (Phi) is 3.52. The van der Waals surface area contributed by atoms with Crippen molar-refractivity contribution >= 4 is 0 Å². The summed E-state index contributed by atoms with van der Waals surface area (Å²) in [6.45, 7) is 6.13. The second kappa shape index (κ2) is 4.90. The molecule has 2 unspecified atom stereocenters. The number of ether oxygens (including phenoxy) is 1. The molecule has 88 valence electrons. The van der Waals surface area contributed by atoms with E-state index in [1.54, 1.807) is 0 Å². The largest absolute Gasteiger partial charge is 0.489 e. The minimum atomic E-state index is 0.487. The minimum Gasteiger partial charge on any atom is -0.489 e. The van der Waals surface area contributed by atoms with Crippen LogP contribution in [0.5, 0.6) is 5.75 Å². The van der Waals surface area contributed by atoms with Gasteiger partial charge in [0, 0.05) is 11.5 Å². The Bertz CT molecular complexity index is 356. The van der Waals surface area contributed by atoms with E-state index in [2.05, 4.69) is 25.1 Å². The zero-order chi connectivity index (χ0) is 11.5. The lowest BCUT2D eigenvalue weighted by atomic mass is 9.83. The summed E-state index contributed by atoms with van der Waals surface area (Å²) in [6, 6.07) is 6.66. The molecular formula is C15H22O. The number of fused-ring (bicyclic) bond motifs is 3. The molecule has 0 saturated heterocycles. The topological polar surface area (TPSA) is 9.23 Å². The maximum Gasteiger partial charge on any atom is 0.123 e. The molecule has 2 atom stereocenters. The number of hydrogen-bond acceptors (Lipinski definition) is 1. The van der Waals surface area contributed by atoms with E-state index in [9.17, 15) is 0 Å². The van der Waals surface area contributed by atoms with Crippen LogP contribution in [0.15, 0.2) is 18.2 Å². The van der Waals surface area contributed by atoms with E-state index in [4.69, 9.17) is 4.74 Å². The Morgan fingerprint density at radius 3 is 2.69 bits per heavy atom. The molecule has 2 aliphatic rings.